The second-order valence-electron chi connectivity index (χ2n) is 5.61. The minimum absolute atomic E-state index is 0.197. The predicted molar refractivity (Wildman–Crippen MR) is 80.8 cm³/mol. The van der Waals surface area contributed by atoms with E-state index in [0.717, 1.165) is 25.8 Å². The summed E-state index contributed by atoms with van der Waals surface area (Å²) < 4.78 is 0. The third kappa shape index (κ3) is 3.73. The van der Waals surface area contributed by atoms with Gasteiger partial charge in [-0.15, -0.1) is 0 Å². The number of carbonyl (C=O) groups excluding carboxylic acids is 1. The van der Waals surface area contributed by atoms with Crippen molar-refractivity contribution >= 4 is 11.6 Å². The summed E-state index contributed by atoms with van der Waals surface area (Å²) in [5.74, 6) is -0.197. The van der Waals surface area contributed by atoms with Crippen molar-refractivity contribution in [3.05, 3.63) is 30.3 Å². The Morgan fingerprint density at radius 1 is 1.30 bits per heavy atom. The van der Waals surface area contributed by atoms with Gasteiger partial charge < -0.3 is 15.3 Å². The fraction of sp³-hybridized carbons (Fsp3) is 0.562. The molecule has 1 amide bonds. The fourth-order valence-corrected chi connectivity index (χ4v) is 2.68. The molecule has 0 aromatic heterocycles. The van der Waals surface area contributed by atoms with Gasteiger partial charge in [-0.1, -0.05) is 18.2 Å². The number of amides is 1. The molecular formula is C16H24N2O2. The SMILES string of the molecule is CN(CCCNC(=O)C1(O)CCCC1)c1ccccc1. The molecule has 1 aromatic carbocycles. The second-order valence-corrected chi connectivity index (χ2v) is 5.61. The van der Waals surface area contributed by atoms with Crippen molar-refractivity contribution in [1.29, 1.82) is 0 Å². The molecule has 0 spiro atoms. The average Bonchev–Trinajstić information content (AvgIpc) is 2.92. The molecule has 4 nitrogen and oxygen atoms in total. The summed E-state index contributed by atoms with van der Waals surface area (Å²) in [5, 5.41) is 13.0. The summed E-state index contributed by atoms with van der Waals surface area (Å²) in [6, 6.07) is 10.2. The van der Waals surface area contributed by atoms with Gasteiger partial charge in [0, 0.05) is 25.8 Å². The summed E-state index contributed by atoms with van der Waals surface area (Å²) in [5.41, 5.74) is 0.0685. The Bertz CT molecular complexity index is 427. The second kappa shape index (κ2) is 6.75. The highest BCUT2D eigenvalue weighted by atomic mass is 16.3. The van der Waals surface area contributed by atoms with Gasteiger partial charge in [0.25, 0.3) is 5.91 Å². The number of para-hydroxylation sites is 1. The predicted octanol–water partition coefficient (Wildman–Crippen LogP) is 1.93. The van der Waals surface area contributed by atoms with E-state index in [4.69, 9.17) is 0 Å². The zero-order chi connectivity index (χ0) is 14.4. The molecule has 0 radical (unpaired) electrons. The van der Waals surface area contributed by atoms with E-state index in [2.05, 4.69) is 22.3 Å². The van der Waals surface area contributed by atoms with E-state index < -0.39 is 5.60 Å². The molecule has 110 valence electrons. The quantitative estimate of drug-likeness (QED) is 0.781. The van der Waals surface area contributed by atoms with E-state index in [9.17, 15) is 9.90 Å². The summed E-state index contributed by atoms with van der Waals surface area (Å²) >= 11 is 0. The number of nitrogens with one attached hydrogen (secondary N) is 1. The molecule has 1 aromatic rings. The minimum atomic E-state index is -1.11. The van der Waals surface area contributed by atoms with Crippen molar-refractivity contribution in [2.75, 3.05) is 25.0 Å². The van der Waals surface area contributed by atoms with Crippen LogP contribution in [0.1, 0.15) is 32.1 Å². The van der Waals surface area contributed by atoms with Gasteiger partial charge in [-0.2, -0.15) is 0 Å². The van der Waals surface area contributed by atoms with Crippen LogP contribution in [-0.2, 0) is 4.79 Å². The van der Waals surface area contributed by atoms with Crippen molar-refractivity contribution in [3.63, 3.8) is 0 Å². The Hall–Kier alpha value is -1.55. The van der Waals surface area contributed by atoms with Crippen LogP contribution in [0.2, 0.25) is 0 Å². The van der Waals surface area contributed by atoms with Crippen LogP contribution in [0.15, 0.2) is 30.3 Å². The molecule has 0 bridgehead atoms. The van der Waals surface area contributed by atoms with Gasteiger partial charge in [-0.25, -0.2) is 0 Å². The Morgan fingerprint density at radius 2 is 1.95 bits per heavy atom. The van der Waals surface area contributed by atoms with Crippen molar-refractivity contribution in [1.82, 2.24) is 5.32 Å². The highest BCUT2D eigenvalue weighted by molar-refractivity contribution is 5.85. The smallest absolute Gasteiger partial charge is 0.251 e. The number of nitrogens with zero attached hydrogens (tertiary/aromatic N) is 1. The molecule has 2 N–H and O–H groups in total. The number of carbonyl (C=O) groups is 1. The van der Waals surface area contributed by atoms with E-state index in [-0.39, 0.29) is 5.91 Å². The molecular weight excluding hydrogens is 252 g/mol. The summed E-state index contributed by atoms with van der Waals surface area (Å²) in [6.07, 6.45) is 3.96. The van der Waals surface area contributed by atoms with Gasteiger partial charge in [-0.3, -0.25) is 4.79 Å². The zero-order valence-electron chi connectivity index (χ0n) is 12.1. The van der Waals surface area contributed by atoms with Gasteiger partial charge in [0.05, 0.1) is 0 Å². The molecule has 1 aliphatic carbocycles. The highest BCUT2D eigenvalue weighted by Crippen LogP contribution is 2.29. The van der Waals surface area contributed by atoms with E-state index in [0.29, 0.717) is 19.4 Å². The van der Waals surface area contributed by atoms with Crippen LogP contribution in [0.5, 0.6) is 0 Å². The van der Waals surface area contributed by atoms with Crippen LogP contribution in [0.4, 0.5) is 5.69 Å². The maximum absolute atomic E-state index is 11.9. The van der Waals surface area contributed by atoms with Gasteiger partial charge in [0.15, 0.2) is 0 Å². The third-order valence-electron chi connectivity index (χ3n) is 4.01. The minimum Gasteiger partial charge on any atom is -0.380 e. The first kappa shape index (κ1) is 14.9. The van der Waals surface area contributed by atoms with Gasteiger partial charge in [0.1, 0.15) is 5.60 Å². The number of benzene rings is 1. The summed E-state index contributed by atoms with van der Waals surface area (Å²) in [6.45, 7) is 1.49. The average molecular weight is 276 g/mol. The number of hydrogen-bond donors (Lipinski definition) is 2. The molecule has 4 heteroatoms. The standard InChI is InChI=1S/C16H24N2O2/c1-18(14-8-3-2-4-9-14)13-7-12-17-15(19)16(20)10-5-6-11-16/h2-4,8-9,20H,5-7,10-13H2,1H3,(H,17,19). The lowest BCUT2D eigenvalue weighted by atomic mass is 10.0. The van der Waals surface area contributed by atoms with Crippen molar-refractivity contribution in [3.8, 4) is 0 Å². The number of rotatable bonds is 6. The summed E-state index contributed by atoms with van der Waals surface area (Å²) in [4.78, 5) is 14.1. The van der Waals surface area contributed by atoms with Crippen LogP contribution in [0.25, 0.3) is 0 Å². The Labute approximate surface area is 120 Å². The van der Waals surface area contributed by atoms with Crippen LogP contribution in [0.3, 0.4) is 0 Å². The maximum atomic E-state index is 11.9. The Balaban J connectivity index is 1.68. The number of aliphatic hydroxyl groups is 1. The van der Waals surface area contributed by atoms with Crippen LogP contribution in [0, 0.1) is 0 Å². The Morgan fingerprint density at radius 3 is 2.60 bits per heavy atom. The van der Waals surface area contributed by atoms with E-state index in [1.165, 1.54) is 5.69 Å². The molecule has 2 rings (SSSR count). The zero-order valence-corrected chi connectivity index (χ0v) is 12.1. The molecule has 1 fully saturated rings. The molecule has 1 aliphatic rings. The van der Waals surface area contributed by atoms with Crippen LogP contribution < -0.4 is 10.2 Å². The normalized spacial score (nSPS) is 16.9. The lowest BCUT2D eigenvalue weighted by Gasteiger charge is -2.22. The molecule has 1 saturated carbocycles. The van der Waals surface area contributed by atoms with Crippen LogP contribution in [-0.4, -0.2) is 36.8 Å². The highest BCUT2D eigenvalue weighted by Gasteiger charge is 2.38. The number of anilines is 1. The molecule has 0 saturated heterocycles. The van der Waals surface area contributed by atoms with E-state index in [1.807, 2.05) is 25.2 Å². The largest absolute Gasteiger partial charge is 0.380 e. The maximum Gasteiger partial charge on any atom is 0.251 e. The topological polar surface area (TPSA) is 52.6 Å². The van der Waals surface area contributed by atoms with Gasteiger partial charge >= 0.3 is 0 Å². The lowest BCUT2D eigenvalue weighted by Crippen LogP contribution is -2.45. The fourth-order valence-electron chi connectivity index (χ4n) is 2.68. The lowest BCUT2D eigenvalue weighted by molar-refractivity contribution is -0.139. The first-order valence-electron chi connectivity index (χ1n) is 7.39. The molecule has 0 heterocycles. The first-order valence-corrected chi connectivity index (χ1v) is 7.39. The van der Waals surface area contributed by atoms with Gasteiger partial charge in [-0.05, 0) is 44.2 Å². The van der Waals surface area contributed by atoms with E-state index in [1.54, 1.807) is 0 Å². The Kier molecular flexibility index (Phi) is 5.01. The monoisotopic (exact) mass is 276 g/mol. The molecule has 0 aliphatic heterocycles. The first-order chi connectivity index (χ1) is 9.62. The number of hydrogen-bond acceptors (Lipinski definition) is 3. The van der Waals surface area contributed by atoms with E-state index >= 15 is 0 Å². The van der Waals surface area contributed by atoms with Gasteiger partial charge in [0.2, 0.25) is 0 Å². The summed E-state index contributed by atoms with van der Waals surface area (Å²) in [7, 11) is 2.04. The molecule has 0 atom stereocenters. The molecule has 0 unspecified atom stereocenters. The van der Waals surface area contributed by atoms with Crippen molar-refractivity contribution < 1.29 is 9.90 Å². The van der Waals surface area contributed by atoms with Crippen molar-refractivity contribution in [2.45, 2.75) is 37.7 Å². The molecule has 20 heavy (non-hydrogen) atoms. The third-order valence-corrected chi connectivity index (χ3v) is 4.01. The van der Waals surface area contributed by atoms with Crippen molar-refractivity contribution in [2.24, 2.45) is 0 Å². The van der Waals surface area contributed by atoms with Crippen LogP contribution >= 0.6 is 0 Å².